The highest BCUT2D eigenvalue weighted by molar-refractivity contribution is 7.49. The second-order valence-electron chi connectivity index (χ2n) is 10.1. The summed E-state index contributed by atoms with van der Waals surface area (Å²) in [5.74, 6) is 0.184. The highest BCUT2D eigenvalue weighted by Gasteiger charge is 2.39. The lowest BCUT2D eigenvalue weighted by Gasteiger charge is -2.31. The molecule has 0 aromatic heterocycles. The van der Waals surface area contributed by atoms with Crippen molar-refractivity contribution in [1.82, 2.24) is 5.32 Å². The van der Waals surface area contributed by atoms with Gasteiger partial charge >= 0.3 is 7.82 Å². The van der Waals surface area contributed by atoms with E-state index in [0.717, 1.165) is 0 Å². The zero-order chi connectivity index (χ0) is 22.7. The molecule has 0 spiro atoms. The third kappa shape index (κ3) is 10.1. The molecule has 0 aliphatic carbocycles. The normalized spacial score (nSPS) is 14.7. The zero-order valence-electron chi connectivity index (χ0n) is 19.2. The first-order valence-electron chi connectivity index (χ1n) is 9.81. The lowest BCUT2D eigenvalue weighted by Crippen LogP contribution is -2.38. The van der Waals surface area contributed by atoms with Crippen molar-refractivity contribution >= 4 is 7.82 Å². The number of hydrogen-bond donors (Lipinski definition) is 3. The van der Waals surface area contributed by atoms with Gasteiger partial charge in [-0.05, 0) is 80.0 Å². The number of β-amino-alcohol motifs (C(OH)–C–C–N with tert-alkyl or cyclic N) is 1. The Morgan fingerprint density at radius 1 is 1.00 bits per heavy atom. The van der Waals surface area contributed by atoms with Crippen LogP contribution in [-0.2, 0) is 20.2 Å². The monoisotopic (exact) mass is 431 g/mol. The zero-order valence-corrected chi connectivity index (χ0v) is 20.1. The summed E-state index contributed by atoms with van der Waals surface area (Å²) in [7, 11) is -3.98. The minimum Gasteiger partial charge on any atom is -0.404 e. The van der Waals surface area contributed by atoms with Crippen molar-refractivity contribution in [2.75, 3.05) is 6.54 Å². The standard InChI is InChI=1S/C21H38NO6P/c1-19(2,3)22-13-17(24)15-10-11-18(16(12-15)14-23)26-29(25,27-20(4,5)6)28-21(7,8)9/h10-12,17,22-24H,13-14H2,1-9H3. The third-order valence-electron chi connectivity index (χ3n) is 3.45. The number of phosphoric ester groups is 1. The molecule has 29 heavy (non-hydrogen) atoms. The quantitative estimate of drug-likeness (QED) is 0.513. The Bertz CT molecular complexity index is 695. The molecule has 1 unspecified atom stereocenters. The van der Waals surface area contributed by atoms with E-state index in [4.69, 9.17) is 13.6 Å². The lowest BCUT2D eigenvalue weighted by atomic mass is 10.0. The molecule has 0 saturated heterocycles. The second kappa shape index (κ2) is 9.46. The Balaban J connectivity index is 3.14. The van der Waals surface area contributed by atoms with Gasteiger partial charge in [-0.3, -0.25) is 9.05 Å². The largest absolute Gasteiger partial charge is 0.531 e. The SMILES string of the molecule is CC(C)(C)NCC(O)c1ccc(OP(=O)(OC(C)(C)C)OC(C)(C)C)c(CO)c1. The van der Waals surface area contributed by atoms with Crippen LogP contribution < -0.4 is 9.84 Å². The van der Waals surface area contributed by atoms with Gasteiger partial charge in [0.2, 0.25) is 0 Å². The maximum absolute atomic E-state index is 13.3. The first-order chi connectivity index (χ1) is 12.9. The molecule has 1 atom stereocenters. The summed E-state index contributed by atoms with van der Waals surface area (Å²) in [6, 6.07) is 4.86. The van der Waals surface area contributed by atoms with Gasteiger partial charge < -0.3 is 20.1 Å². The van der Waals surface area contributed by atoms with Crippen LogP contribution in [0.15, 0.2) is 18.2 Å². The average molecular weight is 432 g/mol. The van der Waals surface area contributed by atoms with Gasteiger partial charge in [-0.15, -0.1) is 0 Å². The van der Waals surface area contributed by atoms with Gasteiger partial charge in [0, 0.05) is 17.6 Å². The molecule has 0 saturated carbocycles. The van der Waals surface area contributed by atoms with Crippen LogP contribution in [0.4, 0.5) is 0 Å². The summed E-state index contributed by atoms with van der Waals surface area (Å²) >= 11 is 0. The first kappa shape index (κ1) is 26.1. The van der Waals surface area contributed by atoms with Crippen molar-refractivity contribution in [3.63, 3.8) is 0 Å². The fourth-order valence-electron chi connectivity index (χ4n) is 2.39. The van der Waals surface area contributed by atoms with Crippen LogP contribution in [0.1, 0.15) is 79.5 Å². The number of nitrogens with one attached hydrogen (secondary N) is 1. The van der Waals surface area contributed by atoms with E-state index in [1.54, 1.807) is 59.7 Å². The van der Waals surface area contributed by atoms with Crippen molar-refractivity contribution in [2.45, 2.75) is 91.8 Å². The molecule has 0 aliphatic rings. The summed E-state index contributed by atoms with van der Waals surface area (Å²) in [4.78, 5) is 0. The molecule has 8 heteroatoms. The minimum atomic E-state index is -3.98. The lowest BCUT2D eigenvalue weighted by molar-refractivity contribution is 0.0221. The van der Waals surface area contributed by atoms with Gasteiger partial charge in [-0.2, -0.15) is 0 Å². The predicted octanol–water partition coefficient (Wildman–Crippen LogP) is 4.72. The number of rotatable bonds is 8. The van der Waals surface area contributed by atoms with Crippen LogP contribution >= 0.6 is 7.82 Å². The van der Waals surface area contributed by atoms with E-state index in [1.807, 2.05) is 20.8 Å². The summed E-state index contributed by atoms with van der Waals surface area (Å²) in [6.45, 7) is 16.6. The van der Waals surface area contributed by atoms with Crippen molar-refractivity contribution in [1.29, 1.82) is 0 Å². The topological polar surface area (TPSA) is 97.2 Å². The van der Waals surface area contributed by atoms with Crippen LogP contribution in [0.5, 0.6) is 5.75 Å². The smallest absolute Gasteiger partial charge is 0.404 e. The number of aliphatic hydroxyl groups excluding tert-OH is 2. The van der Waals surface area contributed by atoms with E-state index in [9.17, 15) is 14.8 Å². The Labute approximate surface area is 175 Å². The maximum Gasteiger partial charge on any atom is 0.531 e. The molecule has 0 radical (unpaired) electrons. The van der Waals surface area contributed by atoms with Crippen LogP contribution in [0.3, 0.4) is 0 Å². The van der Waals surface area contributed by atoms with Gasteiger partial charge in [-0.25, -0.2) is 4.57 Å². The molecular weight excluding hydrogens is 393 g/mol. The highest BCUT2D eigenvalue weighted by atomic mass is 31.2. The molecule has 1 rings (SSSR count). The molecule has 1 aromatic carbocycles. The fourth-order valence-corrected chi connectivity index (χ4v) is 4.26. The molecule has 0 fully saturated rings. The van der Waals surface area contributed by atoms with Crippen molar-refractivity contribution in [3.05, 3.63) is 29.3 Å². The Hall–Kier alpha value is -0.950. The molecule has 0 amide bonds. The molecule has 0 bridgehead atoms. The van der Waals surface area contributed by atoms with E-state index >= 15 is 0 Å². The van der Waals surface area contributed by atoms with E-state index in [0.29, 0.717) is 17.7 Å². The van der Waals surface area contributed by atoms with Crippen molar-refractivity contribution in [2.24, 2.45) is 0 Å². The van der Waals surface area contributed by atoms with Gasteiger partial charge in [-0.1, -0.05) is 6.07 Å². The van der Waals surface area contributed by atoms with E-state index in [1.165, 1.54) is 0 Å². The van der Waals surface area contributed by atoms with Crippen LogP contribution in [0.2, 0.25) is 0 Å². The third-order valence-corrected chi connectivity index (χ3v) is 5.41. The highest BCUT2D eigenvalue weighted by Crippen LogP contribution is 2.55. The number of hydrogen-bond acceptors (Lipinski definition) is 7. The molecular formula is C21H38NO6P. The minimum absolute atomic E-state index is 0.134. The van der Waals surface area contributed by atoms with E-state index in [-0.39, 0.29) is 17.9 Å². The van der Waals surface area contributed by atoms with Gasteiger partial charge in [0.25, 0.3) is 0 Å². The fraction of sp³-hybridized carbons (Fsp3) is 0.714. The van der Waals surface area contributed by atoms with E-state index < -0.39 is 25.1 Å². The van der Waals surface area contributed by atoms with E-state index in [2.05, 4.69) is 5.32 Å². The molecule has 1 aromatic rings. The molecule has 3 N–H and O–H groups in total. The predicted molar refractivity (Wildman–Crippen MR) is 115 cm³/mol. The summed E-state index contributed by atoms with van der Waals surface area (Å²) in [5.41, 5.74) is -0.677. The number of phosphoric acid groups is 1. The number of benzene rings is 1. The summed E-state index contributed by atoms with van der Waals surface area (Å²) in [5, 5.41) is 23.5. The average Bonchev–Trinajstić information content (AvgIpc) is 2.48. The van der Waals surface area contributed by atoms with Crippen LogP contribution in [-0.4, -0.2) is 33.5 Å². The molecule has 0 aliphatic heterocycles. The summed E-state index contributed by atoms with van der Waals surface area (Å²) < 4.78 is 30.2. The van der Waals surface area contributed by atoms with Crippen molar-refractivity contribution < 1.29 is 28.3 Å². The van der Waals surface area contributed by atoms with Gasteiger partial charge in [0.15, 0.2) is 0 Å². The molecule has 0 heterocycles. The number of aliphatic hydroxyl groups is 2. The van der Waals surface area contributed by atoms with Crippen molar-refractivity contribution in [3.8, 4) is 5.75 Å². The van der Waals surface area contributed by atoms with Crippen LogP contribution in [0, 0.1) is 0 Å². The molecule has 7 nitrogen and oxygen atoms in total. The maximum atomic E-state index is 13.3. The van der Waals surface area contributed by atoms with Gasteiger partial charge in [0.1, 0.15) is 5.75 Å². The summed E-state index contributed by atoms with van der Waals surface area (Å²) in [6.07, 6.45) is -0.767. The van der Waals surface area contributed by atoms with Crippen LogP contribution in [0.25, 0.3) is 0 Å². The second-order valence-corrected chi connectivity index (χ2v) is 11.6. The first-order valence-corrected chi connectivity index (χ1v) is 11.3. The van der Waals surface area contributed by atoms with Gasteiger partial charge in [0.05, 0.1) is 23.9 Å². The Morgan fingerprint density at radius 3 is 1.93 bits per heavy atom. The molecule has 168 valence electrons. The Kier molecular flexibility index (Phi) is 8.51. The Morgan fingerprint density at radius 2 is 1.52 bits per heavy atom.